The maximum atomic E-state index is 11.4. The highest BCUT2D eigenvalue weighted by Gasteiger charge is 2.04. The van der Waals surface area contributed by atoms with E-state index in [2.05, 4.69) is 29.2 Å². The van der Waals surface area contributed by atoms with Gasteiger partial charge in [-0.05, 0) is 24.1 Å². The van der Waals surface area contributed by atoms with Crippen LogP contribution in [0.1, 0.15) is 12.0 Å². The number of nitrogens with zero attached hydrogens (tertiary/aromatic N) is 2. The quantitative estimate of drug-likeness (QED) is 0.772. The van der Waals surface area contributed by atoms with Gasteiger partial charge in [-0.1, -0.05) is 12.1 Å². The molecule has 3 heteroatoms. The molecule has 0 heterocycles. The van der Waals surface area contributed by atoms with Crippen molar-refractivity contribution in [3.8, 4) is 0 Å². The third kappa shape index (κ3) is 3.57. The average Bonchev–Trinajstić information content (AvgIpc) is 2.26. The predicted octanol–water partition coefficient (Wildman–Crippen LogP) is 1.77. The Morgan fingerprint density at radius 1 is 1.06 bits per heavy atom. The lowest BCUT2D eigenvalue weighted by atomic mass is 10.1. The minimum atomic E-state index is 0.177. The molecule has 0 aliphatic rings. The second-order valence-electron chi connectivity index (χ2n) is 4.35. The highest BCUT2D eigenvalue weighted by molar-refractivity contribution is 5.75. The maximum absolute atomic E-state index is 11.4. The van der Waals surface area contributed by atoms with Crippen LogP contribution in [0, 0.1) is 0 Å². The van der Waals surface area contributed by atoms with E-state index >= 15 is 0 Å². The Kier molecular flexibility index (Phi) is 4.35. The highest BCUT2D eigenvalue weighted by Crippen LogP contribution is 2.13. The summed E-state index contributed by atoms with van der Waals surface area (Å²) >= 11 is 0. The molecule has 3 nitrogen and oxygen atoms in total. The maximum Gasteiger partial charge on any atom is 0.222 e. The van der Waals surface area contributed by atoms with E-state index in [0.29, 0.717) is 6.42 Å². The molecule has 1 aromatic rings. The molecular weight excluding hydrogens is 200 g/mol. The van der Waals surface area contributed by atoms with Crippen molar-refractivity contribution in [3.63, 3.8) is 0 Å². The van der Waals surface area contributed by atoms with Gasteiger partial charge in [-0.15, -0.1) is 0 Å². The van der Waals surface area contributed by atoms with E-state index in [0.717, 1.165) is 6.42 Å². The standard InChI is InChI=1S/C13H20N2O/c1-14(2)12-8-5-11(6-9-12)7-10-13(16)15(3)4/h5-6,8-9H,7,10H2,1-4H3. The molecule has 0 saturated heterocycles. The summed E-state index contributed by atoms with van der Waals surface area (Å²) in [4.78, 5) is 15.1. The van der Waals surface area contributed by atoms with Gasteiger partial charge in [0.25, 0.3) is 0 Å². The Morgan fingerprint density at radius 3 is 2.06 bits per heavy atom. The molecule has 0 N–H and O–H groups in total. The van der Waals surface area contributed by atoms with Crippen LogP contribution in [-0.2, 0) is 11.2 Å². The summed E-state index contributed by atoms with van der Waals surface area (Å²) in [6, 6.07) is 8.32. The monoisotopic (exact) mass is 220 g/mol. The minimum Gasteiger partial charge on any atom is -0.378 e. The average molecular weight is 220 g/mol. The first-order valence-electron chi connectivity index (χ1n) is 5.47. The number of anilines is 1. The molecule has 0 aromatic heterocycles. The molecule has 0 radical (unpaired) electrons. The van der Waals surface area contributed by atoms with Crippen molar-refractivity contribution in [2.24, 2.45) is 0 Å². The van der Waals surface area contributed by atoms with Crippen molar-refractivity contribution in [2.45, 2.75) is 12.8 Å². The first-order chi connectivity index (χ1) is 7.50. The fourth-order valence-electron chi connectivity index (χ4n) is 1.44. The predicted molar refractivity (Wildman–Crippen MR) is 67.8 cm³/mol. The SMILES string of the molecule is CN(C)C(=O)CCc1ccc(N(C)C)cc1. The van der Waals surface area contributed by atoms with E-state index in [4.69, 9.17) is 0 Å². The number of rotatable bonds is 4. The van der Waals surface area contributed by atoms with Crippen LogP contribution in [0.4, 0.5) is 5.69 Å². The number of amides is 1. The molecular formula is C13H20N2O. The zero-order valence-electron chi connectivity index (χ0n) is 10.5. The summed E-state index contributed by atoms with van der Waals surface area (Å²) in [7, 11) is 7.62. The van der Waals surface area contributed by atoms with Crippen LogP contribution in [-0.4, -0.2) is 39.0 Å². The number of benzene rings is 1. The van der Waals surface area contributed by atoms with Gasteiger partial charge in [0.2, 0.25) is 5.91 Å². The van der Waals surface area contributed by atoms with Gasteiger partial charge in [-0.2, -0.15) is 0 Å². The number of aryl methyl sites for hydroxylation is 1. The van der Waals surface area contributed by atoms with E-state index in [9.17, 15) is 4.79 Å². The summed E-state index contributed by atoms with van der Waals surface area (Å²) in [5.41, 5.74) is 2.39. The van der Waals surface area contributed by atoms with Crippen molar-refractivity contribution >= 4 is 11.6 Å². The molecule has 1 rings (SSSR count). The van der Waals surface area contributed by atoms with Crippen LogP contribution in [0.15, 0.2) is 24.3 Å². The summed E-state index contributed by atoms with van der Waals surface area (Å²) < 4.78 is 0. The summed E-state index contributed by atoms with van der Waals surface area (Å²) in [5.74, 6) is 0.177. The Hall–Kier alpha value is -1.51. The molecule has 0 fully saturated rings. The fraction of sp³-hybridized carbons (Fsp3) is 0.462. The van der Waals surface area contributed by atoms with Gasteiger partial charge in [0.1, 0.15) is 0 Å². The Bertz CT molecular complexity index is 341. The van der Waals surface area contributed by atoms with Crippen LogP contribution in [0.25, 0.3) is 0 Å². The highest BCUT2D eigenvalue weighted by atomic mass is 16.2. The number of hydrogen-bond acceptors (Lipinski definition) is 2. The summed E-state index contributed by atoms with van der Waals surface area (Å²) in [6.07, 6.45) is 1.39. The van der Waals surface area contributed by atoms with E-state index < -0.39 is 0 Å². The van der Waals surface area contributed by atoms with Gasteiger partial charge in [-0.3, -0.25) is 4.79 Å². The summed E-state index contributed by atoms with van der Waals surface area (Å²) in [5, 5.41) is 0. The van der Waals surface area contributed by atoms with E-state index in [1.54, 1.807) is 19.0 Å². The lowest BCUT2D eigenvalue weighted by Gasteiger charge is -2.13. The van der Waals surface area contributed by atoms with Crippen molar-refractivity contribution in [2.75, 3.05) is 33.1 Å². The van der Waals surface area contributed by atoms with Gasteiger partial charge < -0.3 is 9.80 Å². The smallest absolute Gasteiger partial charge is 0.222 e. The van der Waals surface area contributed by atoms with Crippen LogP contribution < -0.4 is 4.90 Å². The Labute approximate surface area is 97.7 Å². The molecule has 0 aliphatic carbocycles. The third-order valence-corrected chi connectivity index (χ3v) is 2.58. The Balaban J connectivity index is 2.53. The zero-order valence-corrected chi connectivity index (χ0v) is 10.5. The van der Waals surface area contributed by atoms with E-state index in [-0.39, 0.29) is 5.91 Å². The molecule has 1 amide bonds. The topological polar surface area (TPSA) is 23.6 Å². The van der Waals surface area contributed by atoms with Crippen molar-refractivity contribution in [1.82, 2.24) is 4.90 Å². The van der Waals surface area contributed by atoms with E-state index in [1.807, 2.05) is 14.1 Å². The van der Waals surface area contributed by atoms with Crippen LogP contribution in [0.2, 0.25) is 0 Å². The second-order valence-corrected chi connectivity index (χ2v) is 4.35. The minimum absolute atomic E-state index is 0.177. The molecule has 0 aliphatic heterocycles. The molecule has 88 valence electrons. The van der Waals surface area contributed by atoms with Crippen LogP contribution in [0.5, 0.6) is 0 Å². The van der Waals surface area contributed by atoms with Gasteiger partial charge >= 0.3 is 0 Å². The van der Waals surface area contributed by atoms with Gasteiger partial charge in [-0.25, -0.2) is 0 Å². The molecule has 0 unspecified atom stereocenters. The fourth-order valence-corrected chi connectivity index (χ4v) is 1.44. The molecule has 16 heavy (non-hydrogen) atoms. The van der Waals surface area contributed by atoms with Gasteiger partial charge in [0, 0.05) is 40.3 Å². The van der Waals surface area contributed by atoms with Crippen molar-refractivity contribution < 1.29 is 4.79 Å². The van der Waals surface area contributed by atoms with E-state index in [1.165, 1.54) is 11.3 Å². The van der Waals surface area contributed by atoms with Crippen molar-refractivity contribution in [1.29, 1.82) is 0 Å². The molecule has 0 spiro atoms. The molecule has 1 aromatic carbocycles. The number of carbonyl (C=O) groups excluding carboxylic acids is 1. The zero-order chi connectivity index (χ0) is 12.1. The number of hydrogen-bond donors (Lipinski definition) is 0. The lowest BCUT2D eigenvalue weighted by Crippen LogP contribution is -2.21. The first kappa shape index (κ1) is 12.6. The van der Waals surface area contributed by atoms with Crippen LogP contribution in [0.3, 0.4) is 0 Å². The lowest BCUT2D eigenvalue weighted by molar-refractivity contribution is -0.128. The second kappa shape index (κ2) is 5.54. The molecule has 0 atom stereocenters. The number of carbonyl (C=O) groups is 1. The molecule has 0 saturated carbocycles. The van der Waals surface area contributed by atoms with Crippen molar-refractivity contribution in [3.05, 3.63) is 29.8 Å². The molecule has 0 bridgehead atoms. The largest absolute Gasteiger partial charge is 0.378 e. The Morgan fingerprint density at radius 2 is 1.62 bits per heavy atom. The third-order valence-electron chi connectivity index (χ3n) is 2.58. The first-order valence-corrected chi connectivity index (χ1v) is 5.47. The van der Waals surface area contributed by atoms with Gasteiger partial charge in [0.15, 0.2) is 0 Å². The van der Waals surface area contributed by atoms with Crippen LogP contribution >= 0.6 is 0 Å². The normalized spacial score (nSPS) is 10.0. The summed E-state index contributed by atoms with van der Waals surface area (Å²) in [6.45, 7) is 0. The van der Waals surface area contributed by atoms with Gasteiger partial charge in [0.05, 0.1) is 0 Å².